The second-order valence-corrected chi connectivity index (χ2v) is 6.36. The highest BCUT2D eigenvalue weighted by Gasteiger charge is 2.27. The number of hydrogen-bond donors (Lipinski definition) is 1. The topological polar surface area (TPSA) is 56.0 Å². The third-order valence-electron chi connectivity index (χ3n) is 3.85. The standard InChI is InChI=1S/C19H12Cl2F2N2O/c20-12-3-1-4-13(21)17(12)18(19(24)26)16-6-2-5-15(25-16)11-8-7-10(22)9-14(11)23/h1-9,18H,(H2,24,26). The van der Waals surface area contributed by atoms with E-state index in [1.807, 2.05) is 0 Å². The molecule has 1 aromatic heterocycles. The second-order valence-electron chi connectivity index (χ2n) is 5.54. The zero-order chi connectivity index (χ0) is 18.8. The van der Waals surface area contributed by atoms with Crippen LogP contribution in [0.25, 0.3) is 11.3 Å². The van der Waals surface area contributed by atoms with Crippen molar-refractivity contribution in [3.63, 3.8) is 0 Å². The van der Waals surface area contributed by atoms with Crippen LogP contribution in [0.3, 0.4) is 0 Å². The van der Waals surface area contributed by atoms with Crippen molar-refractivity contribution < 1.29 is 13.6 Å². The molecular weight excluding hydrogens is 381 g/mol. The first-order valence-electron chi connectivity index (χ1n) is 7.54. The highest BCUT2D eigenvalue weighted by Crippen LogP contribution is 2.35. The van der Waals surface area contributed by atoms with Crippen molar-refractivity contribution in [2.45, 2.75) is 5.92 Å². The normalized spacial score (nSPS) is 12.0. The smallest absolute Gasteiger partial charge is 0.231 e. The van der Waals surface area contributed by atoms with Crippen molar-refractivity contribution >= 4 is 29.1 Å². The van der Waals surface area contributed by atoms with Crippen LogP contribution < -0.4 is 5.73 Å². The van der Waals surface area contributed by atoms with Gasteiger partial charge in [-0.1, -0.05) is 35.3 Å². The minimum Gasteiger partial charge on any atom is -0.369 e. The first kappa shape index (κ1) is 18.3. The van der Waals surface area contributed by atoms with Gasteiger partial charge in [0, 0.05) is 27.2 Å². The minimum absolute atomic E-state index is 0.0988. The van der Waals surface area contributed by atoms with E-state index in [-0.39, 0.29) is 27.0 Å². The Kier molecular flexibility index (Phi) is 5.20. The molecule has 1 atom stereocenters. The Hall–Kier alpha value is -2.50. The van der Waals surface area contributed by atoms with Gasteiger partial charge in [-0.2, -0.15) is 0 Å². The molecule has 132 valence electrons. The van der Waals surface area contributed by atoms with Gasteiger partial charge in [-0.15, -0.1) is 0 Å². The molecule has 2 aromatic carbocycles. The maximum atomic E-state index is 14.1. The summed E-state index contributed by atoms with van der Waals surface area (Å²) in [7, 11) is 0. The predicted molar refractivity (Wildman–Crippen MR) is 97.1 cm³/mol. The van der Waals surface area contributed by atoms with Crippen LogP contribution in [0.15, 0.2) is 54.6 Å². The summed E-state index contributed by atoms with van der Waals surface area (Å²) in [4.78, 5) is 16.4. The highest BCUT2D eigenvalue weighted by atomic mass is 35.5. The first-order valence-corrected chi connectivity index (χ1v) is 8.29. The zero-order valence-electron chi connectivity index (χ0n) is 13.2. The molecule has 0 fully saturated rings. The Morgan fingerprint density at radius 2 is 1.65 bits per heavy atom. The summed E-state index contributed by atoms with van der Waals surface area (Å²) in [5.74, 6) is -3.18. The molecule has 0 spiro atoms. The van der Waals surface area contributed by atoms with Gasteiger partial charge < -0.3 is 5.73 Å². The van der Waals surface area contributed by atoms with E-state index in [1.54, 1.807) is 36.4 Å². The Morgan fingerprint density at radius 1 is 1.00 bits per heavy atom. The summed E-state index contributed by atoms with van der Waals surface area (Å²) >= 11 is 12.4. The molecule has 1 heterocycles. The summed E-state index contributed by atoms with van der Waals surface area (Å²) < 4.78 is 27.2. The van der Waals surface area contributed by atoms with Gasteiger partial charge in [-0.3, -0.25) is 9.78 Å². The third kappa shape index (κ3) is 3.54. The average Bonchev–Trinajstić information content (AvgIpc) is 2.58. The van der Waals surface area contributed by atoms with E-state index in [9.17, 15) is 13.6 Å². The van der Waals surface area contributed by atoms with Gasteiger partial charge in [-0.05, 0) is 36.4 Å². The largest absolute Gasteiger partial charge is 0.369 e. The van der Waals surface area contributed by atoms with Crippen LogP contribution in [-0.4, -0.2) is 10.9 Å². The van der Waals surface area contributed by atoms with E-state index in [0.29, 0.717) is 5.56 Å². The van der Waals surface area contributed by atoms with E-state index in [4.69, 9.17) is 28.9 Å². The fraction of sp³-hybridized carbons (Fsp3) is 0.0526. The summed E-state index contributed by atoms with van der Waals surface area (Å²) in [5.41, 5.74) is 6.47. The quantitative estimate of drug-likeness (QED) is 0.682. The monoisotopic (exact) mass is 392 g/mol. The Labute approximate surface area is 158 Å². The van der Waals surface area contributed by atoms with E-state index in [0.717, 1.165) is 12.1 Å². The number of rotatable bonds is 4. The number of nitrogens with two attached hydrogens (primary N) is 1. The van der Waals surface area contributed by atoms with Crippen LogP contribution >= 0.6 is 23.2 Å². The Morgan fingerprint density at radius 3 is 2.27 bits per heavy atom. The van der Waals surface area contributed by atoms with Gasteiger partial charge in [0.15, 0.2) is 0 Å². The second kappa shape index (κ2) is 7.40. The van der Waals surface area contributed by atoms with Crippen LogP contribution in [0, 0.1) is 11.6 Å². The highest BCUT2D eigenvalue weighted by molar-refractivity contribution is 6.36. The van der Waals surface area contributed by atoms with Crippen LogP contribution in [-0.2, 0) is 4.79 Å². The van der Waals surface area contributed by atoms with E-state index >= 15 is 0 Å². The number of carbonyl (C=O) groups excluding carboxylic acids is 1. The molecule has 2 N–H and O–H groups in total. The van der Waals surface area contributed by atoms with Gasteiger partial charge in [0.05, 0.1) is 11.4 Å². The number of nitrogens with zero attached hydrogens (tertiary/aromatic N) is 1. The number of halogens is 4. The third-order valence-corrected chi connectivity index (χ3v) is 4.51. The number of pyridine rings is 1. The minimum atomic E-state index is -1.01. The molecule has 0 bridgehead atoms. The van der Waals surface area contributed by atoms with Crippen molar-refractivity contribution in [3.8, 4) is 11.3 Å². The zero-order valence-corrected chi connectivity index (χ0v) is 14.7. The summed E-state index contributed by atoms with van der Waals surface area (Å²) in [6.07, 6.45) is 0. The van der Waals surface area contributed by atoms with Gasteiger partial charge in [-0.25, -0.2) is 8.78 Å². The maximum absolute atomic E-state index is 14.1. The molecule has 0 aliphatic rings. The van der Waals surface area contributed by atoms with Gasteiger partial charge in [0.1, 0.15) is 17.6 Å². The Bertz CT molecular complexity index is 975. The molecule has 0 aliphatic carbocycles. The number of aromatic nitrogens is 1. The molecule has 3 aromatic rings. The molecule has 0 radical (unpaired) electrons. The lowest BCUT2D eigenvalue weighted by molar-refractivity contribution is -0.118. The molecule has 1 amide bonds. The van der Waals surface area contributed by atoms with E-state index in [1.165, 1.54) is 6.07 Å². The molecule has 1 unspecified atom stereocenters. The van der Waals surface area contributed by atoms with Crippen LogP contribution in [0.4, 0.5) is 8.78 Å². The van der Waals surface area contributed by atoms with Crippen molar-refractivity contribution in [3.05, 3.63) is 87.5 Å². The van der Waals surface area contributed by atoms with Gasteiger partial charge in [0.2, 0.25) is 5.91 Å². The first-order chi connectivity index (χ1) is 12.4. The maximum Gasteiger partial charge on any atom is 0.231 e. The fourth-order valence-corrected chi connectivity index (χ4v) is 3.30. The lowest BCUT2D eigenvalue weighted by atomic mass is 9.93. The summed E-state index contributed by atoms with van der Waals surface area (Å²) in [6, 6.07) is 12.7. The molecule has 0 saturated heterocycles. The summed E-state index contributed by atoms with van der Waals surface area (Å²) in [6.45, 7) is 0. The van der Waals surface area contributed by atoms with Crippen LogP contribution in [0.2, 0.25) is 10.0 Å². The predicted octanol–water partition coefficient (Wildman–Crippen LogP) is 4.95. The lowest BCUT2D eigenvalue weighted by Gasteiger charge is -2.17. The molecule has 7 heteroatoms. The molecular formula is C19H12Cl2F2N2O. The number of hydrogen-bond acceptors (Lipinski definition) is 2. The number of primary amides is 1. The number of amides is 1. The summed E-state index contributed by atoms with van der Waals surface area (Å²) in [5, 5.41) is 0.530. The number of carbonyl (C=O) groups is 1. The SMILES string of the molecule is NC(=O)C(c1cccc(-c2ccc(F)cc2F)n1)c1c(Cl)cccc1Cl. The van der Waals surface area contributed by atoms with Crippen LogP contribution in [0.5, 0.6) is 0 Å². The van der Waals surface area contributed by atoms with Gasteiger partial charge in [0.25, 0.3) is 0 Å². The van der Waals surface area contributed by atoms with Crippen LogP contribution in [0.1, 0.15) is 17.2 Å². The van der Waals surface area contributed by atoms with Crippen molar-refractivity contribution in [1.29, 1.82) is 0 Å². The molecule has 0 aliphatic heterocycles. The van der Waals surface area contributed by atoms with E-state index in [2.05, 4.69) is 4.98 Å². The molecule has 3 rings (SSSR count). The van der Waals surface area contributed by atoms with Crippen molar-refractivity contribution in [2.75, 3.05) is 0 Å². The Balaban J connectivity index is 2.14. The van der Waals surface area contributed by atoms with Gasteiger partial charge >= 0.3 is 0 Å². The number of benzene rings is 2. The van der Waals surface area contributed by atoms with Crippen molar-refractivity contribution in [2.24, 2.45) is 5.73 Å². The molecule has 26 heavy (non-hydrogen) atoms. The lowest BCUT2D eigenvalue weighted by Crippen LogP contribution is -2.24. The van der Waals surface area contributed by atoms with E-state index < -0.39 is 23.5 Å². The average molecular weight is 393 g/mol. The van der Waals surface area contributed by atoms with Crippen molar-refractivity contribution in [1.82, 2.24) is 4.98 Å². The molecule has 0 saturated carbocycles. The fourth-order valence-electron chi connectivity index (χ4n) is 2.68. The molecule has 3 nitrogen and oxygen atoms in total.